The lowest BCUT2D eigenvalue weighted by Crippen LogP contribution is -2.13. The Hall–Kier alpha value is -3.57. The number of amides is 1. The summed E-state index contributed by atoms with van der Waals surface area (Å²) in [5.41, 5.74) is 1.57. The van der Waals surface area contributed by atoms with Crippen LogP contribution in [0.1, 0.15) is 11.1 Å². The van der Waals surface area contributed by atoms with Crippen LogP contribution >= 0.6 is 0 Å². The number of phenolic OH excluding ortho intramolecular Hbond substituents is 1. The Morgan fingerprint density at radius 2 is 1.68 bits per heavy atom. The summed E-state index contributed by atoms with van der Waals surface area (Å²) in [5.74, 6) is -0.454. The molecule has 0 radical (unpaired) electrons. The van der Waals surface area contributed by atoms with Gasteiger partial charge in [0.1, 0.15) is 17.4 Å². The second-order valence-electron chi connectivity index (χ2n) is 4.40. The van der Waals surface area contributed by atoms with Crippen molar-refractivity contribution < 1.29 is 9.90 Å². The summed E-state index contributed by atoms with van der Waals surface area (Å²) in [4.78, 5) is 12.0. The highest BCUT2D eigenvalue weighted by Crippen LogP contribution is 2.15. The topological polar surface area (TPSA) is 96.9 Å². The van der Waals surface area contributed by atoms with Crippen molar-refractivity contribution in [2.24, 2.45) is 0 Å². The Balaban J connectivity index is 2.17. The third-order valence-corrected chi connectivity index (χ3v) is 2.84. The van der Waals surface area contributed by atoms with E-state index in [1.165, 1.54) is 30.3 Å². The molecule has 22 heavy (non-hydrogen) atoms. The van der Waals surface area contributed by atoms with E-state index in [-0.39, 0.29) is 11.3 Å². The molecule has 2 aromatic rings. The summed E-state index contributed by atoms with van der Waals surface area (Å²) in [5, 5.41) is 29.6. The number of nitriles is 2. The first-order chi connectivity index (χ1) is 10.6. The average Bonchev–Trinajstić information content (AvgIpc) is 2.55. The average molecular weight is 289 g/mol. The van der Waals surface area contributed by atoms with Gasteiger partial charge < -0.3 is 10.4 Å². The zero-order valence-electron chi connectivity index (χ0n) is 11.4. The summed E-state index contributed by atoms with van der Waals surface area (Å²) in [6.45, 7) is 0. The summed E-state index contributed by atoms with van der Waals surface area (Å²) in [7, 11) is 0. The van der Waals surface area contributed by atoms with E-state index in [1.807, 2.05) is 12.1 Å². The van der Waals surface area contributed by atoms with Crippen molar-refractivity contribution in [1.29, 1.82) is 10.5 Å². The van der Waals surface area contributed by atoms with Crippen molar-refractivity contribution in [3.63, 3.8) is 0 Å². The highest BCUT2D eigenvalue weighted by molar-refractivity contribution is 6.09. The first kappa shape index (κ1) is 14.8. The van der Waals surface area contributed by atoms with Crippen LogP contribution in [0.15, 0.2) is 54.1 Å². The molecule has 5 heteroatoms. The standard InChI is InChI=1S/C17H11N3O2/c18-10-13-3-1-12(2-4-13)9-14(11-19)17(22)20-15-5-7-16(21)8-6-15/h1-9,21H,(H,20,22). The van der Waals surface area contributed by atoms with Crippen molar-refractivity contribution in [3.8, 4) is 17.9 Å². The summed E-state index contributed by atoms with van der Waals surface area (Å²) < 4.78 is 0. The van der Waals surface area contributed by atoms with Crippen molar-refractivity contribution >= 4 is 17.7 Å². The van der Waals surface area contributed by atoms with E-state index in [1.54, 1.807) is 24.3 Å². The van der Waals surface area contributed by atoms with Crippen molar-refractivity contribution in [2.75, 3.05) is 5.32 Å². The Kier molecular flexibility index (Phi) is 4.54. The molecule has 0 saturated carbocycles. The number of carbonyl (C=O) groups excluding carboxylic acids is 1. The monoisotopic (exact) mass is 289 g/mol. The molecule has 0 aliphatic carbocycles. The number of hydrogen-bond donors (Lipinski definition) is 2. The van der Waals surface area contributed by atoms with Gasteiger partial charge in [-0.1, -0.05) is 12.1 Å². The van der Waals surface area contributed by atoms with Gasteiger partial charge >= 0.3 is 0 Å². The van der Waals surface area contributed by atoms with E-state index in [4.69, 9.17) is 10.5 Å². The largest absolute Gasteiger partial charge is 0.508 e. The molecule has 0 aliphatic rings. The van der Waals surface area contributed by atoms with E-state index >= 15 is 0 Å². The molecule has 0 aromatic heterocycles. The Morgan fingerprint density at radius 1 is 1.05 bits per heavy atom. The summed E-state index contributed by atoms with van der Waals surface area (Å²) >= 11 is 0. The minimum Gasteiger partial charge on any atom is -0.508 e. The van der Waals surface area contributed by atoms with Crippen molar-refractivity contribution in [2.45, 2.75) is 0 Å². The van der Waals surface area contributed by atoms with E-state index < -0.39 is 5.91 Å². The van der Waals surface area contributed by atoms with Gasteiger partial charge in [-0.05, 0) is 48.0 Å². The highest BCUT2D eigenvalue weighted by atomic mass is 16.3. The van der Waals surface area contributed by atoms with Gasteiger partial charge in [0.25, 0.3) is 5.91 Å². The summed E-state index contributed by atoms with van der Waals surface area (Å²) in [6.07, 6.45) is 1.44. The molecule has 0 bridgehead atoms. The number of aromatic hydroxyl groups is 1. The third-order valence-electron chi connectivity index (χ3n) is 2.84. The van der Waals surface area contributed by atoms with E-state index in [0.29, 0.717) is 16.8 Å². The van der Waals surface area contributed by atoms with Crippen LogP contribution in [0.4, 0.5) is 5.69 Å². The normalized spacial score (nSPS) is 10.4. The SMILES string of the molecule is N#CC(=Cc1ccc(C#N)cc1)C(=O)Nc1ccc(O)cc1. The van der Waals surface area contributed by atoms with Crippen molar-refractivity contribution in [3.05, 3.63) is 65.2 Å². The molecular formula is C17H11N3O2. The molecule has 0 saturated heterocycles. The molecule has 1 amide bonds. The molecule has 0 fully saturated rings. The zero-order chi connectivity index (χ0) is 15.9. The summed E-state index contributed by atoms with van der Waals surface area (Å²) in [6, 6.07) is 16.3. The van der Waals surface area contributed by atoms with Crippen LogP contribution in [-0.2, 0) is 4.79 Å². The number of hydrogen-bond acceptors (Lipinski definition) is 4. The molecular weight excluding hydrogens is 278 g/mol. The maximum Gasteiger partial charge on any atom is 0.266 e. The number of rotatable bonds is 3. The maximum absolute atomic E-state index is 12.0. The molecule has 0 heterocycles. The first-order valence-electron chi connectivity index (χ1n) is 6.35. The third kappa shape index (κ3) is 3.72. The second-order valence-corrected chi connectivity index (χ2v) is 4.40. The van der Waals surface area contributed by atoms with Gasteiger partial charge in [0.15, 0.2) is 0 Å². The van der Waals surface area contributed by atoms with Gasteiger partial charge in [0.2, 0.25) is 0 Å². The number of anilines is 1. The highest BCUT2D eigenvalue weighted by Gasteiger charge is 2.09. The van der Waals surface area contributed by atoms with Gasteiger partial charge in [-0.2, -0.15) is 10.5 Å². The smallest absolute Gasteiger partial charge is 0.266 e. The molecule has 0 spiro atoms. The van der Waals surface area contributed by atoms with Gasteiger partial charge in [0, 0.05) is 5.69 Å². The van der Waals surface area contributed by atoms with Crippen LogP contribution in [0, 0.1) is 22.7 Å². The van der Waals surface area contributed by atoms with Crippen LogP contribution in [-0.4, -0.2) is 11.0 Å². The fourth-order valence-electron chi connectivity index (χ4n) is 1.71. The molecule has 0 aliphatic heterocycles. The van der Waals surface area contributed by atoms with Gasteiger partial charge in [-0.25, -0.2) is 0 Å². The predicted octanol–water partition coefficient (Wildman–Crippen LogP) is 2.81. The number of nitrogens with one attached hydrogen (secondary N) is 1. The number of carbonyl (C=O) groups is 1. The predicted molar refractivity (Wildman–Crippen MR) is 81.5 cm³/mol. The first-order valence-corrected chi connectivity index (χ1v) is 6.35. The van der Waals surface area contributed by atoms with E-state index in [9.17, 15) is 9.90 Å². The van der Waals surface area contributed by atoms with Crippen LogP contribution in [0.2, 0.25) is 0 Å². The molecule has 2 N–H and O–H groups in total. The van der Waals surface area contributed by atoms with Crippen LogP contribution < -0.4 is 5.32 Å². The lowest BCUT2D eigenvalue weighted by Gasteiger charge is -2.04. The molecule has 5 nitrogen and oxygen atoms in total. The van der Waals surface area contributed by atoms with Gasteiger partial charge in [-0.15, -0.1) is 0 Å². The molecule has 2 rings (SSSR count). The Labute approximate surface area is 127 Å². The Morgan fingerprint density at radius 3 is 2.23 bits per heavy atom. The van der Waals surface area contributed by atoms with E-state index in [2.05, 4.69) is 5.32 Å². The van der Waals surface area contributed by atoms with Crippen molar-refractivity contribution in [1.82, 2.24) is 0 Å². The Bertz CT molecular complexity index is 792. The van der Waals surface area contributed by atoms with Gasteiger partial charge in [0.05, 0.1) is 11.6 Å². The minimum absolute atomic E-state index is 0.0576. The van der Waals surface area contributed by atoms with E-state index in [0.717, 1.165) is 0 Å². The molecule has 2 aromatic carbocycles. The molecule has 106 valence electrons. The fourth-order valence-corrected chi connectivity index (χ4v) is 1.71. The van der Waals surface area contributed by atoms with Gasteiger partial charge in [-0.3, -0.25) is 4.79 Å². The number of phenols is 1. The number of nitrogens with zero attached hydrogens (tertiary/aromatic N) is 2. The molecule has 0 atom stereocenters. The quantitative estimate of drug-likeness (QED) is 0.515. The van der Waals surface area contributed by atoms with Crippen LogP contribution in [0.25, 0.3) is 6.08 Å². The zero-order valence-corrected chi connectivity index (χ0v) is 11.4. The van der Waals surface area contributed by atoms with Crippen LogP contribution in [0.3, 0.4) is 0 Å². The second kappa shape index (κ2) is 6.74. The lowest BCUT2D eigenvalue weighted by molar-refractivity contribution is -0.112. The lowest BCUT2D eigenvalue weighted by atomic mass is 10.1. The van der Waals surface area contributed by atoms with Crippen LogP contribution in [0.5, 0.6) is 5.75 Å². The molecule has 0 unspecified atom stereocenters. The minimum atomic E-state index is -0.544. The fraction of sp³-hybridized carbons (Fsp3) is 0. The maximum atomic E-state index is 12.0. The number of benzene rings is 2.